The number of carbonyl (C=O) groups excluding carboxylic acids is 1. The summed E-state index contributed by atoms with van der Waals surface area (Å²) in [5.41, 5.74) is -0.209. The largest absolute Gasteiger partial charge is 0.354 e. The second-order valence-corrected chi connectivity index (χ2v) is 6.09. The lowest BCUT2D eigenvalue weighted by molar-refractivity contribution is -0.129. The SMILES string of the molecule is CN1CCN(C)C(CNC(=O)C2(C)CCNC2)C1.Cl.Cl.Cl. The Balaban J connectivity index is 0. The molecule has 8 heteroatoms. The van der Waals surface area contributed by atoms with Crippen LogP contribution in [-0.4, -0.2) is 75.1 Å². The zero-order valence-corrected chi connectivity index (χ0v) is 15.5. The second kappa shape index (κ2) is 10.1. The Kier molecular flexibility index (Phi) is 11.3. The van der Waals surface area contributed by atoms with Gasteiger partial charge in [0.15, 0.2) is 0 Å². The van der Waals surface area contributed by atoms with Crippen molar-refractivity contribution < 1.29 is 4.79 Å². The molecule has 2 rings (SSSR count). The molecule has 2 heterocycles. The number of amides is 1. The fourth-order valence-electron chi connectivity index (χ4n) is 2.76. The first-order valence-electron chi connectivity index (χ1n) is 6.89. The average Bonchev–Trinajstić information content (AvgIpc) is 2.78. The van der Waals surface area contributed by atoms with E-state index < -0.39 is 0 Å². The molecule has 0 spiro atoms. The van der Waals surface area contributed by atoms with E-state index in [0.29, 0.717) is 6.04 Å². The molecule has 0 aromatic carbocycles. The van der Waals surface area contributed by atoms with Crippen molar-refractivity contribution in [3.63, 3.8) is 0 Å². The van der Waals surface area contributed by atoms with Crippen LogP contribution in [0.15, 0.2) is 0 Å². The second-order valence-electron chi connectivity index (χ2n) is 6.09. The molecule has 0 radical (unpaired) electrons. The Labute approximate surface area is 146 Å². The van der Waals surface area contributed by atoms with E-state index in [1.165, 1.54) is 0 Å². The maximum atomic E-state index is 12.2. The molecule has 0 aromatic heterocycles. The maximum Gasteiger partial charge on any atom is 0.227 e. The van der Waals surface area contributed by atoms with E-state index in [0.717, 1.165) is 45.7 Å². The Morgan fingerprint density at radius 3 is 2.52 bits per heavy atom. The first-order chi connectivity index (χ1) is 8.51. The van der Waals surface area contributed by atoms with E-state index in [2.05, 4.69) is 41.5 Å². The van der Waals surface area contributed by atoms with Crippen molar-refractivity contribution >= 4 is 43.1 Å². The van der Waals surface area contributed by atoms with Crippen LogP contribution in [0.4, 0.5) is 0 Å². The summed E-state index contributed by atoms with van der Waals surface area (Å²) in [6, 6.07) is 0.436. The quantitative estimate of drug-likeness (QED) is 0.771. The van der Waals surface area contributed by atoms with E-state index in [-0.39, 0.29) is 48.5 Å². The summed E-state index contributed by atoms with van der Waals surface area (Å²) in [5, 5.41) is 6.41. The molecular weight excluding hydrogens is 335 g/mol. The lowest BCUT2D eigenvalue weighted by Gasteiger charge is -2.38. The predicted octanol–water partition coefficient (Wildman–Crippen LogP) is 0.613. The summed E-state index contributed by atoms with van der Waals surface area (Å²) in [7, 11) is 4.28. The molecule has 2 N–H and O–H groups in total. The van der Waals surface area contributed by atoms with Gasteiger partial charge in [-0.1, -0.05) is 0 Å². The van der Waals surface area contributed by atoms with Crippen molar-refractivity contribution in [3.05, 3.63) is 0 Å². The number of halogens is 3. The van der Waals surface area contributed by atoms with Gasteiger partial charge in [-0.2, -0.15) is 0 Å². The number of nitrogens with zero attached hydrogens (tertiary/aromatic N) is 2. The van der Waals surface area contributed by atoms with Gasteiger partial charge in [0.05, 0.1) is 5.41 Å². The number of hydrogen-bond acceptors (Lipinski definition) is 4. The number of piperazine rings is 1. The van der Waals surface area contributed by atoms with Gasteiger partial charge in [-0.3, -0.25) is 9.69 Å². The maximum absolute atomic E-state index is 12.2. The van der Waals surface area contributed by atoms with Crippen molar-refractivity contribution in [3.8, 4) is 0 Å². The molecule has 2 saturated heterocycles. The Morgan fingerprint density at radius 2 is 1.95 bits per heavy atom. The lowest BCUT2D eigenvalue weighted by atomic mass is 9.89. The van der Waals surface area contributed by atoms with Gasteiger partial charge in [-0.05, 0) is 34.0 Å². The van der Waals surface area contributed by atoms with Crippen LogP contribution in [0.25, 0.3) is 0 Å². The summed E-state index contributed by atoms with van der Waals surface area (Å²) in [4.78, 5) is 16.9. The summed E-state index contributed by atoms with van der Waals surface area (Å²) < 4.78 is 0. The molecule has 2 fully saturated rings. The highest BCUT2D eigenvalue weighted by Crippen LogP contribution is 2.24. The average molecular weight is 364 g/mol. The lowest BCUT2D eigenvalue weighted by Crippen LogP contribution is -2.55. The van der Waals surface area contributed by atoms with Crippen LogP contribution in [0.2, 0.25) is 0 Å². The summed E-state index contributed by atoms with van der Waals surface area (Å²) in [6.07, 6.45) is 0.944. The number of rotatable bonds is 3. The van der Waals surface area contributed by atoms with Gasteiger partial charge in [-0.25, -0.2) is 0 Å². The molecule has 2 aliphatic rings. The zero-order chi connectivity index (χ0) is 13.2. The Morgan fingerprint density at radius 1 is 1.29 bits per heavy atom. The van der Waals surface area contributed by atoms with Gasteiger partial charge < -0.3 is 15.5 Å². The van der Waals surface area contributed by atoms with Crippen molar-refractivity contribution in [2.45, 2.75) is 19.4 Å². The highest BCUT2D eigenvalue weighted by molar-refractivity contribution is 5.86. The van der Waals surface area contributed by atoms with E-state index in [1.54, 1.807) is 0 Å². The fraction of sp³-hybridized carbons (Fsp3) is 0.923. The first kappa shape index (κ1) is 23.5. The van der Waals surface area contributed by atoms with E-state index in [1.807, 2.05) is 0 Å². The van der Waals surface area contributed by atoms with Crippen LogP contribution in [0, 0.1) is 5.41 Å². The van der Waals surface area contributed by atoms with E-state index in [4.69, 9.17) is 0 Å². The summed E-state index contributed by atoms with van der Waals surface area (Å²) in [6.45, 7) is 7.80. The molecule has 5 nitrogen and oxygen atoms in total. The molecule has 2 atom stereocenters. The van der Waals surface area contributed by atoms with Gasteiger partial charge in [0.2, 0.25) is 5.91 Å². The highest BCUT2D eigenvalue weighted by Gasteiger charge is 2.36. The van der Waals surface area contributed by atoms with Crippen LogP contribution in [0.3, 0.4) is 0 Å². The molecule has 1 amide bonds. The third kappa shape index (κ3) is 6.08. The Hall–Kier alpha value is 0.220. The van der Waals surface area contributed by atoms with Gasteiger partial charge in [0.25, 0.3) is 0 Å². The summed E-state index contributed by atoms with van der Waals surface area (Å²) >= 11 is 0. The fourth-order valence-corrected chi connectivity index (χ4v) is 2.76. The standard InChI is InChI=1S/C13H26N4O.3ClH/c1-13(4-5-14-10-13)12(18)15-8-11-9-16(2)6-7-17(11)3;;;/h11,14H,4-10H2,1-3H3,(H,15,18);3*1H. The number of likely N-dealkylation sites (N-methyl/N-ethyl adjacent to an activating group) is 2. The van der Waals surface area contributed by atoms with Crippen molar-refractivity contribution in [2.75, 3.05) is 53.4 Å². The normalized spacial score (nSPS) is 29.8. The molecule has 2 unspecified atom stereocenters. The van der Waals surface area contributed by atoms with Crippen molar-refractivity contribution in [1.29, 1.82) is 0 Å². The molecule has 0 saturated carbocycles. The molecule has 0 bridgehead atoms. The Bertz CT molecular complexity index is 314. The number of hydrogen-bond donors (Lipinski definition) is 2. The van der Waals surface area contributed by atoms with Crippen LogP contribution in [-0.2, 0) is 4.79 Å². The van der Waals surface area contributed by atoms with Gasteiger partial charge >= 0.3 is 0 Å². The summed E-state index contributed by atoms with van der Waals surface area (Å²) in [5.74, 6) is 0.203. The van der Waals surface area contributed by atoms with Crippen molar-refractivity contribution in [2.24, 2.45) is 5.41 Å². The smallest absolute Gasteiger partial charge is 0.227 e. The molecular formula is C13H29Cl3N4O. The van der Waals surface area contributed by atoms with Crippen LogP contribution < -0.4 is 10.6 Å². The van der Waals surface area contributed by atoms with Crippen LogP contribution in [0.1, 0.15) is 13.3 Å². The predicted molar refractivity (Wildman–Crippen MR) is 94.3 cm³/mol. The van der Waals surface area contributed by atoms with E-state index in [9.17, 15) is 4.79 Å². The first-order valence-corrected chi connectivity index (χ1v) is 6.89. The minimum atomic E-state index is -0.209. The third-order valence-electron chi connectivity index (χ3n) is 4.40. The molecule has 0 aliphatic carbocycles. The monoisotopic (exact) mass is 362 g/mol. The minimum Gasteiger partial charge on any atom is -0.354 e. The van der Waals surface area contributed by atoms with Crippen LogP contribution in [0.5, 0.6) is 0 Å². The number of nitrogens with one attached hydrogen (secondary N) is 2. The topological polar surface area (TPSA) is 47.6 Å². The molecule has 21 heavy (non-hydrogen) atoms. The minimum absolute atomic E-state index is 0. The number of carbonyl (C=O) groups is 1. The van der Waals surface area contributed by atoms with E-state index >= 15 is 0 Å². The molecule has 128 valence electrons. The van der Waals surface area contributed by atoms with Crippen molar-refractivity contribution in [1.82, 2.24) is 20.4 Å². The third-order valence-corrected chi connectivity index (χ3v) is 4.40. The molecule has 0 aromatic rings. The zero-order valence-electron chi connectivity index (χ0n) is 13.1. The van der Waals surface area contributed by atoms with Gasteiger partial charge in [-0.15, -0.1) is 37.2 Å². The highest BCUT2D eigenvalue weighted by atomic mass is 35.5. The van der Waals surface area contributed by atoms with Gasteiger partial charge in [0, 0.05) is 38.8 Å². The van der Waals surface area contributed by atoms with Crippen LogP contribution >= 0.6 is 37.2 Å². The van der Waals surface area contributed by atoms with Gasteiger partial charge in [0.1, 0.15) is 0 Å². The molecule has 2 aliphatic heterocycles.